The van der Waals surface area contributed by atoms with Gasteiger partial charge in [-0.1, -0.05) is 15.9 Å². The summed E-state index contributed by atoms with van der Waals surface area (Å²) in [4.78, 5) is 23.2. The van der Waals surface area contributed by atoms with Gasteiger partial charge in [0.2, 0.25) is 5.91 Å². The maximum atomic E-state index is 11.7. The molecule has 1 aromatic carbocycles. The van der Waals surface area contributed by atoms with Crippen LogP contribution >= 0.6 is 15.9 Å². The molecular formula is C14H18BrN3O2. The van der Waals surface area contributed by atoms with Gasteiger partial charge in [-0.15, -0.1) is 0 Å². The molecule has 0 spiro atoms. The van der Waals surface area contributed by atoms with Gasteiger partial charge < -0.3 is 16.0 Å². The maximum Gasteiger partial charge on any atom is 0.315 e. The third-order valence-corrected chi connectivity index (χ3v) is 3.61. The second-order valence-electron chi connectivity index (χ2n) is 5.01. The van der Waals surface area contributed by atoms with E-state index < -0.39 is 0 Å². The molecule has 1 aliphatic rings. The van der Waals surface area contributed by atoms with Gasteiger partial charge in [-0.3, -0.25) is 4.79 Å². The zero-order valence-electron chi connectivity index (χ0n) is 11.3. The fourth-order valence-electron chi connectivity index (χ4n) is 1.74. The Balaban J connectivity index is 1.72. The predicted octanol–water partition coefficient (Wildman–Crippen LogP) is 2.41. The van der Waals surface area contributed by atoms with Crippen molar-refractivity contribution in [2.24, 2.45) is 5.92 Å². The van der Waals surface area contributed by atoms with Crippen LogP contribution in [-0.2, 0) is 4.79 Å². The summed E-state index contributed by atoms with van der Waals surface area (Å²) in [5.41, 5.74) is 1.71. The lowest BCUT2D eigenvalue weighted by Crippen LogP contribution is -2.40. The monoisotopic (exact) mass is 339 g/mol. The first kappa shape index (κ1) is 14.8. The number of hydrogen-bond donors (Lipinski definition) is 3. The fraction of sp³-hybridized carbons (Fsp3) is 0.429. The van der Waals surface area contributed by atoms with Crippen LogP contribution in [0.2, 0.25) is 0 Å². The van der Waals surface area contributed by atoms with Crippen molar-refractivity contribution >= 4 is 33.6 Å². The smallest absolute Gasteiger partial charge is 0.315 e. The number of nitrogens with one attached hydrogen (secondary N) is 3. The van der Waals surface area contributed by atoms with E-state index in [0.717, 1.165) is 15.7 Å². The number of amides is 3. The maximum absolute atomic E-state index is 11.7. The Hall–Kier alpha value is -1.56. The van der Waals surface area contributed by atoms with Crippen molar-refractivity contribution in [1.29, 1.82) is 0 Å². The van der Waals surface area contributed by atoms with Crippen molar-refractivity contribution in [3.05, 3.63) is 28.2 Å². The molecule has 1 saturated carbocycles. The number of carbonyl (C=O) groups is 2. The van der Waals surface area contributed by atoms with E-state index in [-0.39, 0.29) is 18.5 Å². The highest BCUT2D eigenvalue weighted by Gasteiger charge is 2.21. The molecule has 108 valence electrons. The summed E-state index contributed by atoms with van der Waals surface area (Å²) >= 11 is 3.37. The van der Waals surface area contributed by atoms with Gasteiger partial charge in [0, 0.05) is 16.7 Å². The lowest BCUT2D eigenvalue weighted by Gasteiger charge is -2.10. The van der Waals surface area contributed by atoms with Crippen molar-refractivity contribution in [2.75, 3.05) is 18.4 Å². The molecule has 3 amide bonds. The van der Waals surface area contributed by atoms with E-state index in [1.807, 2.05) is 25.1 Å². The average Bonchev–Trinajstić information content (AvgIpc) is 3.21. The molecule has 0 radical (unpaired) electrons. The highest BCUT2D eigenvalue weighted by atomic mass is 79.9. The minimum atomic E-state index is -0.292. The third-order valence-electron chi connectivity index (χ3n) is 3.12. The number of hydrogen-bond acceptors (Lipinski definition) is 2. The topological polar surface area (TPSA) is 70.2 Å². The minimum Gasteiger partial charge on any atom is -0.338 e. The minimum absolute atomic E-state index is 0.0357. The first-order valence-corrected chi connectivity index (χ1v) is 7.41. The summed E-state index contributed by atoms with van der Waals surface area (Å²) in [5, 5.41) is 8.06. The van der Waals surface area contributed by atoms with Gasteiger partial charge in [0.05, 0.1) is 6.54 Å². The van der Waals surface area contributed by atoms with Crippen LogP contribution in [0.1, 0.15) is 18.4 Å². The Kier molecular flexibility index (Phi) is 5.00. The summed E-state index contributed by atoms with van der Waals surface area (Å²) in [5.74, 6) is 0.386. The number of rotatable bonds is 5. The first-order valence-electron chi connectivity index (χ1n) is 6.62. The van der Waals surface area contributed by atoms with Gasteiger partial charge in [0.1, 0.15) is 0 Å². The Labute approximate surface area is 126 Å². The van der Waals surface area contributed by atoms with Gasteiger partial charge in [-0.05, 0) is 49.4 Å². The van der Waals surface area contributed by atoms with E-state index >= 15 is 0 Å². The van der Waals surface area contributed by atoms with Crippen molar-refractivity contribution in [1.82, 2.24) is 10.6 Å². The summed E-state index contributed by atoms with van der Waals surface area (Å²) in [6.07, 6.45) is 2.37. The van der Waals surface area contributed by atoms with Gasteiger partial charge in [-0.2, -0.15) is 0 Å². The highest BCUT2D eigenvalue weighted by Crippen LogP contribution is 2.27. The lowest BCUT2D eigenvalue weighted by atomic mass is 10.2. The molecule has 0 aliphatic heterocycles. The highest BCUT2D eigenvalue weighted by molar-refractivity contribution is 9.10. The Morgan fingerprint density at radius 2 is 2.05 bits per heavy atom. The van der Waals surface area contributed by atoms with Gasteiger partial charge in [0.15, 0.2) is 0 Å². The van der Waals surface area contributed by atoms with Crippen LogP contribution < -0.4 is 16.0 Å². The summed E-state index contributed by atoms with van der Waals surface area (Å²) in [6.45, 7) is 2.57. The zero-order valence-corrected chi connectivity index (χ0v) is 12.9. The van der Waals surface area contributed by atoms with E-state index in [9.17, 15) is 9.59 Å². The first-order chi connectivity index (χ1) is 9.54. The second kappa shape index (κ2) is 6.74. The largest absolute Gasteiger partial charge is 0.338 e. The molecule has 0 saturated heterocycles. The van der Waals surface area contributed by atoms with E-state index in [4.69, 9.17) is 0 Å². The van der Waals surface area contributed by atoms with Crippen LogP contribution in [0.5, 0.6) is 0 Å². The molecule has 2 rings (SSSR count). The van der Waals surface area contributed by atoms with Crippen LogP contribution in [0.3, 0.4) is 0 Å². The Morgan fingerprint density at radius 1 is 1.30 bits per heavy atom. The van der Waals surface area contributed by atoms with E-state index in [1.54, 1.807) is 0 Å². The molecule has 3 N–H and O–H groups in total. The number of urea groups is 1. The van der Waals surface area contributed by atoms with Crippen molar-refractivity contribution < 1.29 is 9.59 Å². The van der Waals surface area contributed by atoms with Crippen molar-refractivity contribution in [2.45, 2.75) is 19.8 Å². The summed E-state index contributed by atoms with van der Waals surface area (Å²) in [7, 11) is 0. The molecule has 20 heavy (non-hydrogen) atoms. The molecule has 0 unspecified atom stereocenters. The fourth-order valence-corrected chi connectivity index (χ4v) is 2.22. The molecule has 0 aromatic heterocycles. The van der Waals surface area contributed by atoms with E-state index in [0.29, 0.717) is 12.5 Å². The van der Waals surface area contributed by atoms with Crippen molar-refractivity contribution in [3.8, 4) is 0 Å². The normalized spacial score (nSPS) is 13.7. The molecular weight excluding hydrogens is 322 g/mol. The molecule has 1 aromatic rings. The molecule has 0 heterocycles. The van der Waals surface area contributed by atoms with E-state index in [1.165, 1.54) is 12.8 Å². The van der Waals surface area contributed by atoms with Crippen LogP contribution in [0, 0.1) is 12.8 Å². The number of aryl methyl sites for hydroxylation is 1. The molecule has 1 aliphatic carbocycles. The second-order valence-corrected chi connectivity index (χ2v) is 5.93. The van der Waals surface area contributed by atoms with Crippen molar-refractivity contribution in [3.63, 3.8) is 0 Å². The Morgan fingerprint density at radius 3 is 2.70 bits per heavy atom. The molecule has 5 nitrogen and oxygen atoms in total. The van der Waals surface area contributed by atoms with Gasteiger partial charge in [-0.25, -0.2) is 4.79 Å². The molecule has 1 fully saturated rings. The predicted molar refractivity (Wildman–Crippen MR) is 81.6 cm³/mol. The standard InChI is InChI=1S/C14H18BrN3O2/c1-9-6-11(15)4-5-12(9)18-13(19)8-17-14(20)16-7-10-2-3-10/h4-6,10H,2-3,7-8H2,1H3,(H,18,19)(H2,16,17,20). The van der Waals surface area contributed by atoms with Crippen LogP contribution in [0.15, 0.2) is 22.7 Å². The van der Waals surface area contributed by atoms with Crippen LogP contribution in [0.25, 0.3) is 0 Å². The van der Waals surface area contributed by atoms with Crippen LogP contribution in [0.4, 0.5) is 10.5 Å². The van der Waals surface area contributed by atoms with E-state index in [2.05, 4.69) is 31.9 Å². The summed E-state index contributed by atoms with van der Waals surface area (Å²) in [6, 6.07) is 5.31. The Bertz CT molecular complexity index is 515. The number of halogens is 1. The molecule has 0 atom stereocenters. The van der Waals surface area contributed by atoms with Gasteiger partial charge in [0.25, 0.3) is 0 Å². The van der Waals surface area contributed by atoms with Crippen LogP contribution in [-0.4, -0.2) is 25.0 Å². The zero-order chi connectivity index (χ0) is 14.5. The SMILES string of the molecule is Cc1cc(Br)ccc1NC(=O)CNC(=O)NCC1CC1. The average molecular weight is 340 g/mol. The third kappa shape index (κ3) is 4.85. The number of carbonyl (C=O) groups excluding carboxylic acids is 2. The van der Waals surface area contributed by atoms with Gasteiger partial charge >= 0.3 is 6.03 Å². The molecule has 0 bridgehead atoms. The molecule has 6 heteroatoms. The number of anilines is 1. The quantitative estimate of drug-likeness (QED) is 0.770. The lowest BCUT2D eigenvalue weighted by molar-refractivity contribution is -0.115. The number of benzene rings is 1. The summed E-state index contributed by atoms with van der Waals surface area (Å²) < 4.78 is 0.963.